The van der Waals surface area contributed by atoms with Crippen molar-refractivity contribution < 1.29 is 9.53 Å². The lowest BCUT2D eigenvalue weighted by atomic mass is 10.2. The van der Waals surface area contributed by atoms with Gasteiger partial charge in [-0.1, -0.05) is 18.2 Å². The van der Waals surface area contributed by atoms with Gasteiger partial charge in [0.05, 0.1) is 5.51 Å². The van der Waals surface area contributed by atoms with Crippen molar-refractivity contribution in [1.29, 1.82) is 0 Å². The number of piperazine rings is 1. The van der Waals surface area contributed by atoms with Crippen molar-refractivity contribution in [3.8, 4) is 5.75 Å². The third kappa shape index (κ3) is 4.13. The molecule has 6 heteroatoms. The molecule has 1 aliphatic rings. The molecule has 1 saturated heterocycles. The molecule has 5 nitrogen and oxygen atoms in total. The molecule has 128 valence electrons. The van der Waals surface area contributed by atoms with Crippen molar-refractivity contribution in [3.63, 3.8) is 0 Å². The van der Waals surface area contributed by atoms with E-state index in [2.05, 4.69) is 9.88 Å². The third-order valence-corrected chi connectivity index (χ3v) is 5.06. The monoisotopic (exact) mass is 345 g/mol. The number of benzene rings is 1. The van der Waals surface area contributed by atoms with Crippen LogP contribution in [0.1, 0.15) is 17.4 Å². The van der Waals surface area contributed by atoms with E-state index in [4.69, 9.17) is 4.74 Å². The van der Waals surface area contributed by atoms with Gasteiger partial charge in [-0.2, -0.15) is 0 Å². The lowest BCUT2D eigenvalue weighted by Crippen LogP contribution is -2.51. The van der Waals surface area contributed by atoms with Crippen molar-refractivity contribution in [2.45, 2.75) is 26.5 Å². The van der Waals surface area contributed by atoms with Gasteiger partial charge in [0.1, 0.15) is 5.75 Å². The van der Waals surface area contributed by atoms with Crippen molar-refractivity contribution in [2.75, 3.05) is 26.2 Å². The molecule has 1 aromatic heterocycles. The minimum absolute atomic E-state index is 0.0655. The molecule has 1 unspecified atom stereocenters. The summed E-state index contributed by atoms with van der Waals surface area (Å²) in [7, 11) is 0. The van der Waals surface area contributed by atoms with E-state index in [1.165, 1.54) is 4.88 Å². The number of ether oxygens (including phenoxy) is 1. The predicted molar refractivity (Wildman–Crippen MR) is 95.2 cm³/mol. The Morgan fingerprint density at radius 2 is 2.04 bits per heavy atom. The second kappa shape index (κ2) is 7.77. The topological polar surface area (TPSA) is 45.7 Å². The van der Waals surface area contributed by atoms with Crippen LogP contribution in [0.25, 0.3) is 0 Å². The summed E-state index contributed by atoms with van der Waals surface area (Å²) in [5.74, 6) is 0.845. The second-order valence-electron chi connectivity index (χ2n) is 6.09. The van der Waals surface area contributed by atoms with E-state index in [1.54, 1.807) is 11.3 Å². The molecule has 24 heavy (non-hydrogen) atoms. The number of hydrogen-bond acceptors (Lipinski definition) is 5. The standard InChI is InChI=1S/C18H23N3O2S/c1-14-5-3-4-6-17(14)23-15(2)18(22)21-9-7-20(8-10-21)12-16-11-19-13-24-16/h3-6,11,13,15H,7-10,12H2,1-2H3. The molecule has 0 radical (unpaired) electrons. The highest BCUT2D eigenvalue weighted by Gasteiger charge is 2.26. The van der Waals surface area contributed by atoms with Crippen LogP contribution in [0.5, 0.6) is 5.75 Å². The summed E-state index contributed by atoms with van der Waals surface area (Å²) in [6.07, 6.45) is 1.46. The fourth-order valence-corrected chi connectivity index (χ4v) is 3.49. The van der Waals surface area contributed by atoms with Gasteiger partial charge >= 0.3 is 0 Å². The normalized spacial score (nSPS) is 16.8. The lowest BCUT2D eigenvalue weighted by molar-refractivity contribution is -0.139. The van der Waals surface area contributed by atoms with E-state index in [9.17, 15) is 4.79 Å². The molecule has 0 saturated carbocycles. The number of carbonyl (C=O) groups excluding carboxylic acids is 1. The van der Waals surface area contributed by atoms with Crippen molar-refractivity contribution in [3.05, 3.63) is 46.4 Å². The average Bonchev–Trinajstić information content (AvgIpc) is 3.10. The average molecular weight is 345 g/mol. The predicted octanol–water partition coefficient (Wildman–Crippen LogP) is 2.56. The highest BCUT2D eigenvalue weighted by atomic mass is 32.1. The highest BCUT2D eigenvalue weighted by Crippen LogP contribution is 2.19. The summed E-state index contributed by atoms with van der Waals surface area (Å²) in [5, 5.41) is 0. The molecule has 1 aromatic carbocycles. The van der Waals surface area contributed by atoms with Crippen LogP contribution in [-0.2, 0) is 11.3 Å². The Bertz CT molecular complexity index is 667. The maximum absolute atomic E-state index is 12.6. The van der Waals surface area contributed by atoms with E-state index >= 15 is 0 Å². The molecular weight excluding hydrogens is 322 g/mol. The maximum Gasteiger partial charge on any atom is 0.263 e. The van der Waals surface area contributed by atoms with Gasteiger partial charge in [-0.05, 0) is 25.5 Å². The van der Waals surface area contributed by atoms with E-state index in [0.717, 1.165) is 44.0 Å². The molecule has 1 fully saturated rings. The maximum atomic E-state index is 12.6. The Hall–Kier alpha value is -1.92. The van der Waals surface area contributed by atoms with Crippen LogP contribution in [0.3, 0.4) is 0 Å². The third-order valence-electron chi connectivity index (χ3n) is 4.29. The summed E-state index contributed by atoms with van der Waals surface area (Å²) in [6, 6.07) is 7.80. The first kappa shape index (κ1) is 16.9. The number of thiazole rings is 1. The Kier molecular flexibility index (Phi) is 5.48. The van der Waals surface area contributed by atoms with E-state index < -0.39 is 6.10 Å². The molecule has 3 rings (SSSR count). The highest BCUT2D eigenvalue weighted by molar-refractivity contribution is 7.09. The largest absolute Gasteiger partial charge is 0.481 e. The number of rotatable bonds is 5. The minimum Gasteiger partial charge on any atom is -0.481 e. The molecular formula is C18H23N3O2S. The summed E-state index contributed by atoms with van der Waals surface area (Å²) in [4.78, 5) is 22.3. The van der Waals surface area contributed by atoms with E-state index in [-0.39, 0.29) is 5.91 Å². The zero-order chi connectivity index (χ0) is 16.9. The summed E-state index contributed by atoms with van der Waals surface area (Å²) < 4.78 is 5.86. The zero-order valence-electron chi connectivity index (χ0n) is 14.1. The number of hydrogen-bond donors (Lipinski definition) is 0. The van der Waals surface area contributed by atoms with Gasteiger partial charge in [0.15, 0.2) is 6.10 Å². The Balaban J connectivity index is 1.50. The minimum atomic E-state index is -0.459. The molecule has 2 aromatic rings. The number of para-hydroxylation sites is 1. The zero-order valence-corrected chi connectivity index (χ0v) is 15.0. The van der Waals surface area contributed by atoms with Crippen molar-refractivity contribution >= 4 is 17.2 Å². The SMILES string of the molecule is Cc1ccccc1OC(C)C(=O)N1CCN(Cc2cncs2)CC1. The number of amides is 1. The molecule has 1 atom stereocenters. The molecule has 2 heterocycles. The quantitative estimate of drug-likeness (QED) is 0.835. The number of nitrogens with zero attached hydrogens (tertiary/aromatic N) is 3. The Labute approximate surface area is 146 Å². The first-order valence-electron chi connectivity index (χ1n) is 8.24. The van der Waals surface area contributed by atoms with Crippen molar-refractivity contribution in [1.82, 2.24) is 14.8 Å². The number of carbonyl (C=O) groups is 1. The first-order valence-corrected chi connectivity index (χ1v) is 9.12. The fraction of sp³-hybridized carbons (Fsp3) is 0.444. The lowest BCUT2D eigenvalue weighted by Gasteiger charge is -2.35. The van der Waals surface area contributed by atoms with Gasteiger partial charge in [-0.15, -0.1) is 11.3 Å². The van der Waals surface area contributed by atoms with E-state index in [1.807, 2.05) is 54.7 Å². The Morgan fingerprint density at radius 3 is 2.71 bits per heavy atom. The van der Waals surface area contributed by atoms with Gasteiger partial charge in [0, 0.05) is 43.8 Å². The van der Waals surface area contributed by atoms with Crippen LogP contribution in [0.2, 0.25) is 0 Å². The molecule has 0 spiro atoms. The second-order valence-corrected chi connectivity index (χ2v) is 7.07. The van der Waals surface area contributed by atoms with Crippen LogP contribution >= 0.6 is 11.3 Å². The fourth-order valence-electron chi connectivity index (χ4n) is 2.85. The van der Waals surface area contributed by atoms with Crippen LogP contribution in [0, 0.1) is 6.92 Å². The van der Waals surface area contributed by atoms with Gasteiger partial charge in [0.25, 0.3) is 5.91 Å². The summed E-state index contributed by atoms with van der Waals surface area (Å²) in [6.45, 7) is 8.02. The van der Waals surface area contributed by atoms with Crippen LogP contribution in [0.4, 0.5) is 0 Å². The van der Waals surface area contributed by atoms with Gasteiger partial charge in [-0.3, -0.25) is 14.7 Å². The smallest absolute Gasteiger partial charge is 0.263 e. The van der Waals surface area contributed by atoms with Crippen molar-refractivity contribution in [2.24, 2.45) is 0 Å². The summed E-state index contributed by atoms with van der Waals surface area (Å²) in [5.41, 5.74) is 2.91. The number of aryl methyl sites for hydroxylation is 1. The van der Waals surface area contributed by atoms with Crippen LogP contribution < -0.4 is 4.74 Å². The summed E-state index contributed by atoms with van der Waals surface area (Å²) >= 11 is 1.68. The molecule has 0 aliphatic carbocycles. The van der Waals surface area contributed by atoms with E-state index in [0.29, 0.717) is 0 Å². The van der Waals surface area contributed by atoms with Gasteiger partial charge < -0.3 is 9.64 Å². The van der Waals surface area contributed by atoms with Gasteiger partial charge in [-0.25, -0.2) is 0 Å². The Morgan fingerprint density at radius 1 is 1.29 bits per heavy atom. The number of aromatic nitrogens is 1. The van der Waals surface area contributed by atoms with Crippen LogP contribution in [0.15, 0.2) is 36.0 Å². The van der Waals surface area contributed by atoms with Gasteiger partial charge in [0.2, 0.25) is 0 Å². The molecule has 0 N–H and O–H groups in total. The molecule has 1 aliphatic heterocycles. The molecule has 0 bridgehead atoms. The molecule has 1 amide bonds. The van der Waals surface area contributed by atoms with Crippen LogP contribution in [-0.4, -0.2) is 53.0 Å². The first-order chi connectivity index (χ1) is 11.6.